The van der Waals surface area contributed by atoms with Crippen LogP contribution in [0.5, 0.6) is 5.75 Å². The van der Waals surface area contributed by atoms with E-state index in [-0.39, 0.29) is 17.4 Å². The molecule has 1 atom stereocenters. The molecule has 180 valence electrons. The van der Waals surface area contributed by atoms with Crippen LogP contribution in [0.3, 0.4) is 0 Å². The van der Waals surface area contributed by atoms with E-state index in [4.69, 9.17) is 9.47 Å². The van der Waals surface area contributed by atoms with Crippen LogP contribution in [-0.4, -0.2) is 61.2 Å². The molecule has 4 rings (SSSR count). The third kappa shape index (κ3) is 4.53. The van der Waals surface area contributed by atoms with E-state index in [9.17, 15) is 14.7 Å². The van der Waals surface area contributed by atoms with Crippen molar-refractivity contribution in [2.45, 2.75) is 39.3 Å². The number of aryl methyl sites for hydroxylation is 1. The number of carbonyl (C=O) groups excluding carboxylic acids is 2. The Labute approximate surface area is 200 Å². The number of fused-ring (bicyclic) bond motifs is 1. The summed E-state index contributed by atoms with van der Waals surface area (Å²) in [6.07, 6.45) is 0.683. The van der Waals surface area contributed by atoms with Crippen LogP contribution in [0, 0.1) is 6.92 Å². The lowest BCUT2D eigenvalue weighted by molar-refractivity contribution is -0.140. The highest BCUT2D eigenvalue weighted by Gasteiger charge is 2.46. The van der Waals surface area contributed by atoms with Crippen molar-refractivity contribution < 1.29 is 24.2 Å². The molecule has 2 heterocycles. The topological polar surface area (TPSA) is 79.3 Å². The molecule has 1 saturated heterocycles. The summed E-state index contributed by atoms with van der Waals surface area (Å²) in [6.45, 7) is 8.02. The SMILES string of the molecule is Cc1ccccc1C1/C(=C(\O)c2ccc3c(c2)N(C)CCO3)C(=O)C(=O)N1CCCOC(C)C. The molecule has 7 nitrogen and oxygen atoms in total. The smallest absolute Gasteiger partial charge is 0.295 e. The highest BCUT2D eigenvalue weighted by atomic mass is 16.5. The van der Waals surface area contributed by atoms with E-state index in [1.807, 2.05) is 63.1 Å². The van der Waals surface area contributed by atoms with Crippen molar-refractivity contribution >= 4 is 23.1 Å². The van der Waals surface area contributed by atoms with E-state index >= 15 is 0 Å². The van der Waals surface area contributed by atoms with Gasteiger partial charge in [0.25, 0.3) is 11.7 Å². The van der Waals surface area contributed by atoms with E-state index in [0.29, 0.717) is 31.7 Å². The van der Waals surface area contributed by atoms with Gasteiger partial charge in [0.1, 0.15) is 18.1 Å². The normalized spacial score (nSPS) is 19.5. The first-order valence-corrected chi connectivity index (χ1v) is 11.7. The average Bonchev–Trinajstić information content (AvgIpc) is 3.06. The van der Waals surface area contributed by atoms with Crippen LogP contribution in [-0.2, 0) is 14.3 Å². The first-order valence-electron chi connectivity index (χ1n) is 11.7. The number of hydrogen-bond acceptors (Lipinski definition) is 6. The van der Waals surface area contributed by atoms with Gasteiger partial charge in [0.15, 0.2) is 0 Å². The molecule has 2 aliphatic rings. The highest BCUT2D eigenvalue weighted by molar-refractivity contribution is 6.46. The first kappa shape index (κ1) is 23.8. The molecule has 2 aromatic carbocycles. The molecule has 0 spiro atoms. The molecule has 7 heteroatoms. The van der Waals surface area contributed by atoms with Gasteiger partial charge in [0.2, 0.25) is 0 Å². The van der Waals surface area contributed by atoms with Gasteiger partial charge in [0, 0.05) is 25.8 Å². The van der Waals surface area contributed by atoms with Gasteiger partial charge < -0.3 is 24.4 Å². The summed E-state index contributed by atoms with van der Waals surface area (Å²) >= 11 is 0. The Hall–Kier alpha value is -3.32. The number of ketones is 1. The van der Waals surface area contributed by atoms with E-state index < -0.39 is 17.7 Å². The third-order valence-corrected chi connectivity index (χ3v) is 6.35. The second kappa shape index (κ2) is 9.89. The zero-order valence-electron chi connectivity index (χ0n) is 20.2. The molecule has 1 amide bonds. The number of amides is 1. The number of likely N-dealkylation sites (N-methyl/N-ethyl adjacent to an activating group) is 1. The minimum atomic E-state index is -0.669. The van der Waals surface area contributed by atoms with E-state index in [2.05, 4.69) is 0 Å². The lowest BCUT2D eigenvalue weighted by atomic mass is 9.92. The Morgan fingerprint density at radius 1 is 1.21 bits per heavy atom. The van der Waals surface area contributed by atoms with Crippen LogP contribution in [0.4, 0.5) is 5.69 Å². The predicted molar refractivity (Wildman–Crippen MR) is 131 cm³/mol. The fourth-order valence-electron chi connectivity index (χ4n) is 4.54. The molecule has 2 aromatic rings. The van der Waals surface area contributed by atoms with Gasteiger partial charge in [-0.3, -0.25) is 9.59 Å². The maximum absolute atomic E-state index is 13.2. The van der Waals surface area contributed by atoms with Crippen LogP contribution in [0.1, 0.15) is 43.0 Å². The number of likely N-dealkylation sites (tertiary alicyclic amines) is 1. The molecule has 1 unspecified atom stereocenters. The molecule has 1 fully saturated rings. The Kier molecular flexibility index (Phi) is 6.93. The van der Waals surface area contributed by atoms with Gasteiger partial charge in [-0.15, -0.1) is 0 Å². The molecule has 0 radical (unpaired) electrons. The standard InChI is InChI=1S/C27H32N2O5/c1-17(2)33-14-7-12-29-24(20-9-6-5-8-18(20)3)23(26(31)27(29)32)25(30)19-10-11-22-21(16-19)28(4)13-15-34-22/h5-6,8-11,16-17,24,30H,7,12-15H2,1-4H3/b25-23+. The summed E-state index contributed by atoms with van der Waals surface area (Å²) < 4.78 is 11.3. The first-order chi connectivity index (χ1) is 16.3. The number of hydrogen-bond donors (Lipinski definition) is 1. The minimum Gasteiger partial charge on any atom is -0.507 e. The quantitative estimate of drug-likeness (QED) is 0.288. The Bertz CT molecular complexity index is 1120. The average molecular weight is 465 g/mol. The van der Waals surface area contributed by atoms with Gasteiger partial charge in [-0.2, -0.15) is 0 Å². The summed E-state index contributed by atoms with van der Waals surface area (Å²) in [5, 5.41) is 11.4. The van der Waals surface area contributed by atoms with Gasteiger partial charge in [-0.25, -0.2) is 0 Å². The fraction of sp³-hybridized carbons (Fsp3) is 0.407. The molecule has 1 N–H and O–H groups in total. The molecule has 2 aliphatic heterocycles. The van der Waals surface area contributed by atoms with E-state index in [1.54, 1.807) is 17.0 Å². The number of rotatable bonds is 7. The largest absolute Gasteiger partial charge is 0.507 e. The Morgan fingerprint density at radius 3 is 2.71 bits per heavy atom. The number of anilines is 1. The summed E-state index contributed by atoms with van der Waals surface area (Å²) in [7, 11) is 1.96. The van der Waals surface area contributed by atoms with Crippen molar-refractivity contribution in [3.8, 4) is 5.75 Å². The van der Waals surface area contributed by atoms with Gasteiger partial charge in [0.05, 0.1) is 30.0 Å². The summed E-state index contributed by atoms with van der Waals surface area (Å²) in [5.41, 5.74) is 3.20. The van der Waals surface area contributed by atoms with Gasteiger partial charge in [-0.05, 0) is 56.5 Å². The van der Waals surface area contributed by atoms with Crippen molar-refractivity contribution in [2.24, 2.45) is 0 Å². The number of aliphatic hydroxyl groups excluding tert-OH is 1. The van der Waals surface area contributed by atoms with Crippen LogP contribution in [0.15, 0.2) is 48.0 Å². The molecule has 34 heavy (non-hydrogen) atoms. The maximum Gasteiger partial charge on any atom is 0.295 e. The molecule has 0 bridgehead atoms. The predicted octanol–water partition coefficient (Wildman–Crippen LogP) is 4.06. The van der Waals surface area contributed by atoms with Crippen LogP contribution in [0.25, 0.3) is 5.76 Å². The van der Waals surface area contributed by atoms with E-state index in [1.165, 1.54) is 0 Å². The van der Waals surface area contributed by atoms with Gasteiger partial charge in [-0.1, -0.05) is 24.3 Å². The van der Waals surface area contributed by atoms with Crippen LogP contribution < -0.4 is 9.64 Å². The van der Waals surface area contributed by atoms with Gasteiger partial charge >= 0.3 is 0 Å². The summed E-state index contributed by atoms with van der Waals surface area (Å²) in [4.78, 5) is 30.0. The van der Waals surface area contributed by atoms with Crippen molar-refractivity contribution in [3.63, 3.8) is 0 Å². The zero-order chi connectivity index (χ0) is 24.4. The lowest BCUT2D eigenvalue weighted by Gasteiger charge is -2.28. The second-order valence-electron chi connectivity index (χ2n) is 9.07. The number of carbonyl (C=O) groups is 2. The molecule has 0 aromatic heterocycles. The minimum absolute atomic E-state index is 0.0914. The lowest BCUT2D eigenvalue weighted by Crippen LogP contribution is -2.31. The molecule has 0 aliphatic carbocycles. The molecular weight excluding hydrogens is 432 g/mol. The Morgan fingerprint density at radius 2 is 1.97 bits per heavy atom. The molecule has 0 saturated carbocycles. The number of Topliss-reactive ketones (excluding diaryl/α,β-unsaturated/α-hetero) is 1. The van der Waals surface area contributed by atoms with Crippen molar-refractivity contribution in [2.75, 3.05) is 38.3 Å². The third-order valence-electron chi connectivity index (χ3n) is 6.35. The zero-order valence-corrected chi connectivity index (χ0v) is 20.2. The van der Waals surface area contributed by atoms with Crippen molar-refractivity contribution in [1.29, 1.82) is 0 Å². The highest BCUT2D eigenvalue weighted by Crippen LogP contribution is 2.42. The fourth-order valence-corrected chi connectivity index (χ4v) is 4.54. The maximum atomic E-state index is 13.2. The molecular formula is C27H32N2O5. The Balaban J connectivity index is 1.77. The van der Waals surface area contributed by atoms with Crippen LogP contribution in [0.2, 0.25) is 0 Å². The number of benzene rings is 2. The number of aliphatic hydroxyl groups is 1. The number of nitrogens with zero attached hydrogens (tertiary/aromatic N) is 2. The second-order valence-corrected chi connectivity index (χ2v) is 9.07. The van der Waals surface area contributed by atoms with Crippen molar-refractivity contribution in [3.05, 3.63) is 64.7 Å². The number of ether oxygens (including phenoxy) is 2. The summed E-state index contributed by atoms with van der Waals surface area (Å²) in [5.74, 6) is -0.712. The van der Waals surface area contributed by atoms with Crippen LogP contribution >= 0.6 is 0 Å². The monoisotopic (exact) mass is 464 g/mol. The summed E-state index contributed by atoms with van der Waals surface area (Å²) in [6, 6.07) is 12.3. The van der Waals surface area contributed by atoms with Crippen molar-refractivity contribution in [1.82, 2.24) is 4.90 Å². The van der Waals surface area contributed by atoms with E-state index in [0.717, 1.165) is 29.1 Å².